The zero-order valence-electron chi connectivity index (χ0n) is 14.9. The number of amides is 1. The number of benzene rings is 1. The van der Waals surface area contributed by atoms with Crippen LogP contribution in [0.25, 0.3) is 0 Å². The maximum absolute atomic E-state index is 12.2. The van der Waals surface area contributed by atoms with Gasteiger partial charge in [-0.3, -0.25) is 4.79 Å². The van der Waals surface area contributed by atoms with Gasteiger partial charge in [-0.25, -0.2) is 0 Å². The minimum absolute atomic E-state index is 0. The number of carbonyl (C=O) groups excluding carboxylic acids is 1. The average molecular weight is 368 g/mol. The van der Waals surface area contributed by atoms with Gasteiger partial charge >= 0.3 is 0 Å². The molecule has 7 heteroatoms. The third-order valence-corrected chi connectivity index (χ3v) is 3.67. The zero-order valence-corrected chi connectivity index (χ0v) is 15.7. The first kappa shape index (κ1) is 21.0. The fourth-order valence-corrected chi connectivity index (χ4v) is 2.26. The normalized spacial score (nSPS) is 10.2. The molecule has 138 valence electrons. The summed E-state index contributed by atoms with van der Waals surface area (Å²) in [7, 11) is 0. The Morgan fingerprint density at radius 1 is 1.24 bits per heavy atom. The molecule has 0 saturated carbocycles. The summed E-state index contributed by atoms with van der Waals surface area (Å²) in [5, 5.41) is 10.0. The van der Waals surface area contributed by atoms with Gasteiger partial charge in [0, 0.05) is 18.7 Å². The molecular formula is C18H26ClN3O3. The van der Waals surface area contributed by atoms with Gasteiger partial charge in [0.15, 0.2) is 0 Å². The van der Waals surface area contributed by atoms with E-state index in [-0.39, 0.29) is 18.3 Å². The maximum Gasteiger partial charge on any atom is 0.251 e. The number of nitrogens with one attached hydrogen (secondary N) is 2. The monoisotopic (exact) mass is 367 g/mol. The van der Waals surface area contributed by atoms with Crippen molar-refractivity contribution in [2.24, 2.45) is 0 Å². The average Bonchev–Trinajstić information content (AvgIpc) is 2.91. The van der Waals surface area contributed by atoms with Crippen molar-refractivity contribution >= 4 is 18.3 Å². The van der Waals surface area contributed by atoms with Crippen LogP contribution in [0.3, 0.4) is 0 Å². The van der Waals surface area contributed by atoms with Crippen molar-refractivity contribution < 1.29 is 14.1 Å². The van der Waals surface area contributed by atoms with E-state index in [1.54, 1.807) is 12.1 Å². The highest BCUT2D eigenvalue weighted by Gasteiger charge is 2.10. The van der Waals surface area contributed by atoms with E-state index in [1.165, 1.54) is 0 Å². The number of hydrogen-bond donors (Lipinski definition) is 2. The number of hydrogen-bond acceptors (Lipinski definition) is 5. The summed E-state index contributed by atoms with van der Waals surface area (Å²) in [5.41, 5.74) is 2.34. The Kier molecular flexibility index (Phi) is 9.02. The van der Waals surface area contributed by atoms with Crippen LogP contribution in [0.15, 0.2) is 28.8 Å². The molecule has 0 unspecified atom stereocenters. The van der Waals surface area contributed by atoms with Crippen molar-refractivity contribution in [1.29, 1.82) is 0 Å². The van der Waals surface area contributed by atoms with E-state index in [4.69, 9.17) is 9.26 Å². The summed E-state index contributed by atoms with van der Waals surface area (Å²) in [4.78, 5) is 12.2. The fourth-order valence-electron chi connectivity index (χ4n) is 2.26. The number of halogens is 1. The van der Waals surface area contributed by atoms with E-state index in [0.717, 1.165) is 36.5 Å². The molecule has 1 aromatic heterocycles. The molecule has 1 heterocycles. The van der Waals surface area contributed by atoms with Crippen LogP contribution in [0.2, 0.25) is 0 Å². The zero-order chi connectivity index (χ0) is 17.4. The molecule has 1 amide bonds. The van der Waals surface area contributed by atoms with Gasteiger partial charge in [-0.15, -0.1) is 12.4 Å². The first-order chi connectivity index (χ1) is 11.6. The van der Waals surface area contributed by atoms with E-state index >= 15 is 0 Å². The Bertz CT molecular complexity index is 654. The Hall–Kier alpha value is -2.05. The number of rotatable bonds is 9. The highest BCUT2D eigenvalue weighted by atomic mass is 35.5. The number of nitrogens with zero attached hydrogens (tertiary/aromatic N) is 1. The van der Waals surface area contributed by atoms with Crippen LogP contribution in [0, 0.1) is 13.8 Å². The molecule has 0 radical (unpaired) electrons. The molecule has 2 N–H and O–H groups in total. The minimum atomic E-state index is -0.101. The van der Waals surface area contributed by atoms with Gasteiger partial charge in [0.1, 0.15) is 18.1 Å². The van der Waals surface area contributed by atoms with Gasteiger partial charge in [-0.05, 0) is 45.0 Å². The first-order valence-corrected chi connectivity index (χ1v) is 8.25. The smallest absolute Gasteiger partial charge is 0.251 e. The largest absolute Gasteiger partial charge is 0.489 e. The molecule has 0 spiro atoms. The van der Waals surface area contributed by atoms with Crippen LogP contribution in [0.5, 0.6) is 5.75 Å². The molecule has 6 nitrogen and oxygen atoms in total. The second-order valence-electron chi connectivity index (χ2n) is 5.63. The van der Waals surface area contributed by atoms with Gasteiger partial charge in [0.05, 0.1) is 11.3 Å². The topological polar surface area (TPSA) is 76.4 Å². The lowest BCUT2D eigenvalue weighted by Gasteiger charge is -2.09. The SMILES string of the molecule is CCCNCCNC(=O)c1cccc(OCc2c(C)noc2C)c1.Cl. The number of aryl methyl sites for hydroxylation is 2. The summed E-state index contributed by atoms with van der Waals surface area (Å²) < 4.78 is 10.9. The molecule has 0 aliphatic rings. The predicted octanol–water partition coefficient (Wildman–Crippen LogP) is 3.02. The Balaban J connectivity index is 0.00000312. The van der Waals surface area contributed by atoms with Crippen molar-refractivity contribution in [1.82, 2.24) is 15.8 Å². The van der Waals surface area contributed by atoms with Crippen molar-refractivity contribution in [2.45, 2.75) is 33.8 Å². The second kappa shape index (κ2) is 10.7. The van der Waals surface area contributed by atoms with Gasteiger partial charge in [0.2, 0.25) is 0 Å². The van der Waals surface area contributed by atoms with Gasteiger partial charge in [0.25, 0.3) is 5.91 Å². The minimum Gasteiger partial charge on any atom is -0.489 e. The van der Waals surface area contributed by atoms with Crippen LogP contribution in [-0.2, 0) is 6.61 Å². The highest BCUT2D eigenvalue weighted by Crippen LogP contribution is 2.18. The molecule has 0 atom stereocenters. The van der Waals surface area contributed by atoms with Gasteiger partial charge in [-0.2, -0.15) is 0 Å². The summed E-state index contributed by atoms with van der Waals surface area (Å²) in [6, 6.07) is 7.16. The maximum atomic E-state index is 12.2. The van der Waals surface area contributed by atoms with Crippen LogP contribution in [-0.4, -0.2) is 30.7 Å². The molecule has 0 aliphatic carbocycles. The van der Waals surface area contributed by atoms with E-state index in [9.17, 15) is 4.79 Å². The van der Waals surface area contributed by atoms with Crippen LogP contribution < -0.4 is 15.4 Å². The molecule has 0 aliphatic heterocycles. The number of ether oxygens (including phenoxy) is 1. The van der Waals surface area contributed by atoms with Crippen molar-refractivity contribution in [3.05, 3.63) is 46.8 Å². The third kappa shape index (κ3) is 6.40. The Morgan fingerprint density at radius 3 is 2.72 bits per heavy atom. The van der Waals surface area contributed by atoms with E-state index in [2.05, 4.69) is 22.7 Å². The van der Waals surface area contributed by atoms with Gasteiger partial charge in [-0.1, -0.05) is 18.1 Å². The summed E-state index contributed by atoms with van der Waals surface area (Å²) >= 11 is 0. The van der Waals surface area contributed by atoms with E-state index < -0.39 is 0 Å². The van der Waals surface area contributed by atoms with Crippen LogP contribution in [0.1, 0.15) is 40.7 Å². The lowest BCUT2D eigenvalue weighted by molar-refractivity contribution is 0.0953. The van der Waals surface area contributed by atoms with Gasteiger partial charge < -0.3 is 19.9 Å². The Morgan fingerprint density at radius 2 is 2.04 bits per heavy atom. The first-order valence-electron chi connectivity index (χ1n) is 8.25. The standard InChI is InChI=1S/C18H25N3O3.ClH/c1-4-8-19-9-10-20-18(22)15-6-5-7-16(11-15)23-12-17-13(2)21-24-14(17)3;/h5-7,11,19H,4,8-10,12H2,1-3H3,(H,20,22);1H. The van der Waals surface area contributed by atoms with Crippen molar-refractivity contribution in [3.8, 4) is 5.75 Å². The molecule has 2 rings (SSSR count). The predicted molar refractivity (Wildman–Crippen MR) is 99.5 cm³/mol. The van der Waals surface area contributed by atoms with Crippen LogP contribution >= 0.6 is 12.4 Å². The lowest BCUT2D eigenvalue weighted by atomic mass is 10.2. The molecular weight excluding hydrogens is 342 g/mol. The van der Waals surface area contributed by atoms with Crippen molar-refractivity contribution in [2.75, 3.05) is 19.6 Å². The molecule has 0 saturated heterocycles. The van der Waals surface area contributed by atoms with Crippen molar-refractivity contribution in [3.63, 3.8) is 0 Å². The van der Waals surface area contributed by atoms with E-state index in [0.29, 0.717) is 24.5 Å². The third-order valence-electron chi connectivity index (χ3n) is 3.67. The number of aromatic nitrogens is 1. The highest BCUT2D eigenvalue weighted by molar-refractivity contribution is 5.94. The Labute approximate surface area is 154 Å². The summed E-state index contributed by atoms with van der Waals surface area (Å²) in [6.45, 7) is 8.54. The second-order valence-corrected chi connectivity index (χ2v) is 5.63. The molecule has 0 fully saturated rings. The summed E-state index contributed by atoms with van der Waals surface area (Å²) in [5.74, 6) is 1.30. The number of carbonyl (C=O) groups is 1. The van der Waals surface area contributed by atoms with Crippen LogP contribution in [0.4, 0.5) is 0 Å². The molecule has 25 heavy (non-hydrogen) atoms. The quantitative estimate of drug-likeness (QED) is 0.666. The molecule has 2 aromatic rings. The van der Waals surface area contributed by atoms with E-state index in [1.807, 2.05) is 26.0 Å². The lowest BCUT2D eigenvalue weighted by Crippen LogP contribution is -2.32. The fraction of sp³-hybridized carbons (Fsp3) is 0.444. The molecule has 0 bridgehead atoms. The summed E-state index contributed by atoms with van der Waals surface area (Å²) in [6.07, 6.45) is 1.08. The molecule has 1 aromatic carbocycles.